The van der Waals surface area contributed by atoms with E-state index in [0.29, 0.717) is 23.3 Å². The number of rotatable bonds is 1. The van der Waals surface area contributed by atoms with Gasteiger partial charge in [-0.15, -0.1) is 0 Å². The van der Waals surface area contributed by atoms with Crippen LogP contribution in [0.1, 0.15) is 17.9 Å². The molecule has 2 heterocycles. The molecule has 0 aliphatic carbocycles. The molecule has 1 aromatic heterocycles. The average Bonchev–Trinajstić information content (AvgIpc) is 2.76. The fraction of sp³-hybridized carbons (Fsp3) is 0.231. The maximum Gasteiger partial charge on any atom is 0.306 e. The Kier molecular flexibility index (Phi) is 2.88. The molecule has 2 aromatic rings. The molecule has 1 unspecified atom stereocenters. The number of carbonyl (C=O) groups excluding carboxylic acids is 1. The molecule has 3 nitrogen and oxygen atoms in total. The van der Waals surface area contributed by atoms with Gasteiger partial charge in [0.05, 0.1) is 13.0 Å². The van der Waals surface area contributed by atoms with Gasteiger partial charge in [0.2, 0.25) is 0 Å². The summed E-state index contributed by atoms with van der Waals surface area (Å²) < 4.78 is 5.00. The van der Waals surface area contributed by atoms with Crippen LogP contribution in [-0.2, 0) is 9.53 Å². The third-order valence-electron chi connectivity index (χ3n) is 3.12. The Morgan fingerprint density at radius 1 is 1.17 bits per heavy atom. The highest BCUT2D eigenvalue weighted by Gasteiger charge is 2.29. The van der Waals surface area contributed by atoms with Crippen LogP contribution < -0.4 is 0 Å². The number of nitrogens with zero attached hydrogens (tertiary/aromatic N) is 1. The maximum absolute atomic E-state index is 11.2. The second-order valence-electron chi connectivity index (χ2n) is 4.24. The average molecular weight is 282 g/mol. The standard InChI is InChI=1S/C13H9Cl2NO2/c14-12-9-4-2-1-3-8(9)11(13(15)16-12)7-5-10(17)18-6-7/h1-4,7H,5-6H2. The predicted octanol–water partition coefficient (Wildman–Crippen LogP) is 3.57. The molecule has 5 heteroatoms. The molecule has 1 atom stereocenters. The summed E-state index contributed by atoms with van der Waals surface area (Å²) in [6.45, 7) is 0.353. The van der Waals surface area contributed by atoms with Crippen LogP contribution in [0.15, 0.2) is 24.3 Å². The van der Waals surface area contributed by atoms with Gasteiger partial charge in [0, 0.05) is 16.9 Å². The van der Waals surface area contributed by atoms with E-state index in [-0.39, 0.29) is 11.9 Å². The van der Waals surface area contributed by atoms with Gasteiger partial charge in [0.15, 0.2) is 0 Å². The second kappa shape index (κ2) is 4.41. The zero-order valence-corrected chi connectivity index (χ0v) is 10.8. The molecule has 92 valence electrons. The van der Waals surface area contributed by atoms with Crippen molar-refractivity contribution in [1.29, 1.82) is 0 Å². The second-order valence-corrected chi connectivity index (χ2v) is 4.95. The Bertz CT molecular complexity index is 642. The lowest BCUT2D eigenvalue weighted by Gasteiger charge is -2.13. The lowest BCUT2D eigenvalue weighted by Crippen LogP contribution is -2.02. The number of fused-ring (bicyclic) bond motifs is 1. The number of pyridine rings is 1. The predicted molar refractivity (Wildman–Crippen MR) is 70.1 cm³/mol. The van der Waals surface area contributed by atoms with E-state index in [1.165, 1.54) is 0 Å². The van der Waals surface area contributed by atoms with Gasteiger partial charge in [-0.1, -0.05) is 47.5 Å². The number of benzene rings is 1. The lowest BCUT2D eigenvalue weighted by atomic mass is 9.95. The molecule has 1 saturated heterocycles. The molecule has 0 radical (unpaired) electrons. The molecule has 0 amide bonds. The van der Waals surface area contributed by atoms with Gasteiger partial charge in [-0.3, -0.25) is 4.79 Å². The van der Waals surface area contributed by atoms with Crippen molar-refractivity contribution in [3.8, 4) is 0 Å². The highest BCUT2D eigenvalue weighted by atomic mass is 35.5. The largest absolute Gasteiger partial charge is 0.465 e. The van der Waals surface area contributed by atoms with Crippen LogP contribution in [0.25, 0.3) is 10.8 Å². The first kappa shape index (κ1) is 11.8. The number of hydrogen-bond acceptors (Lipinski definition) is 3. The Morgan fingerprint density at radius 3 is 2.56 bits per heavy atom. The Labute approximate surface area is 114 Å². The molecule has 3 rings (SSSR count). The van der Waals surface area contributed by atoms with Crippen molar-refractivity contribution >= 4 is 39.9 Å². The lowest BCUT2D eigenvalue weighted by molar-refractivity contribution is -0.137. The van der Waals surface area contributed by atoms with Crippen LogP contribution in [0.5, 0.6) is 0 Å². The number of esters is 1. The highest BCUT2D eigenvalue weighted by Crippen LogP contribution is 2.37. The summed E-state index contributed by atoms with van der Waals surface area (Å²) >= 11 is 12.2. The monoisotopic (exact) mass is 281 g/mol. The van der Waals surface area contributed by atoms with Crippen LogP contribution in [0, 0.1) is 0 Å². The molecule has 0 N–H and O–H groups in total. The molecule has 0 saturated carbocycles. The van der Waals surface area contributed by atoms with Crippen LogP contribution >= 0.6 is 23.2 Å². The van der Waals surface area contributed by atoms with Gasteiger partial charge in [-0.2, -0.15) is 0 Å². The number of halogens is 2. The zero-order valence-electron chi connectivity index (χ0n) is 9.32. The smallest absolute Gasteiger partial charge is 0.306 e. The van der Waals surface area contributed by atoms with Crippen molar-refractivity contribution in [2.75, 3.05) is 6.61 Å². The Morgan fingerprint density at radius 2 is 1.89 bits per heavy atom. The van der Waals surface area contributed by atoms with Crippen molar-refractivity contribution < 1.29 is 9.53 Å². The van der Waals surface area contributed by atoms with Gasteiger partial charge in [0.1, 0.15) is 10.3 Å². The molecular formula is C13H9Cl2NO2. The van der Waals surface area contributed by atoms with E-state index >= 15 is 0 Å². The topological polar surface area (TPSA) is 39.2 Å². The number of carbonyl (C=O) groups is 1. The summed E-state index contributed by atoms with van der Waals surface area (Å²) in [5.74, 6) is -0.241. The van der Waals surface area contributed by atoms with Crippen molar-refractivity contribution in [1.82, 2.24) is 4.98 Å². The normalized spacial score (nSPS) is 19.2. The summed E-state index contributed by atoms with van der Waals surface area (Å²) in [5, 5.41) is 2.51. The summed E-state index contributed by atoms with van der Waals surface area (Å²) in [4.78, 5) is 15.4. The fourth-order valence-corrected chi connectivity index (χ4v) is 2.94. The summed E-state index contributed by atoms with van der Waals surface area (Å²) in [6.07, 6.45) is 0.340. The van der Waals surface area contributed by atoms with E-state index in [1.807, 2.05) is 24.3 Å². The minimum Gasteiger partial charge on any atom is -0.465 e. The quantitative estimate of drug-likeness (QED) is 0.593. The Hall–Kier alpha value is -1.32. The van der Waals surface area contributed by atoms with E-state index in [2.05, 4.69) is 4.98 Å². The van der Waals surface area contributed by atoms with E-state index < -0.39 is 0 Å². The van der Waals surface area contributed by atoms with E-state index in [1.54, 1.807) is 0 Å². The van der Waals surface area contributed by atoms with E-state index in [9.17, 15) is 4.79 Å². The molecule has 1 aliphatic heterocycles. The number of ether oxygens (including phenoxy) is 1. The van der Waals surface area contributed by atoms with Gasteiger partial charge in [0.25, 0.3) is 0 Å². The first-order chi connectivity index (χ1) is 8.66. The van der Waals surface area contributed by atoms with Crippen molar-refractivity contribution in [3.63, 3.8) is 0 Å². The summed E-state index contributed by atoms with van der Waals surface area (Å²) in [5.41, 5.74) is 0.850. The zero-order chi connectivity index (χ0) is 12.7. The molecule has 18 heavy (non-hydrogen) atoms. The number of hydrogen-bond donors (Lipinski definition) is 0. The maximum atomic E-state index is 11.2. The molecule has 1 aliphatic rings. The molecule has 0 spiro atoms. The third kappa shape index (κ3) is 1.84. The van der Waals surface area contributed by atoms with Crippen molar-refractivity contribution in [3.05, 3.63) is 40.1 Å². The van der Waals surface area contributed by atoms with E-state index in [4.69, 9.17) is 27.9 Å². The minimum absolute atomic E-state index is 0.0420. The van der Waals surface area contributed by atoms with Crippen LogP contribution in [0.2, 0.25) is 10.3 Å². The van der Waals surface area contributed by atoms with Gasteiger partial charge in [-0.05, 0) is 5.39 Å². The summed E-state index contributed by atoms with van der Waals surface area (Å²) in [7, 11) is 0. The first-order valence-corrected chi connectivity index (χ1v) is 6.31. The Balaban J connectivity index is 2.24. The number of cyclic esters (lactones) is 1. The molecule has 1 fully saturated rings. The molecule has 1 aromatic carbocycles. The molecular weight excluding hydrogens is 273 g/mol. The number of aromatic nitrogens is 1. The van der Waals surface area contributed by atoms with Crippen molar-refractivity contribution in [2.24, 2.45) is 0 Å². The van der Waals surface area contributed by atoms with Gasteiger partial charge in [-0.25, -0.2) is 4.98 Å². The van der Waals surface area contributed by atoms with Crippen LogP contribution in [0.3, 0.4) is 0 Å². The fourth-order valence-electron chi connectivity index (χ4n) is 2.30. The van der Waals surface area contributed by atoms with Crippen LogP contribution in [0.4, 0.5) is 0 Å². The highest BCUT2D eigenvalue weighted by molar-refractivity contribution is 6.37. The van der Waals surface area contributed by atoms with Crippen LogP contribution in [-0.4, -0.2) is 17.6 Å². The summed E-state index contributed by atoms with van der Waals surface area (Å²) in [6, 6.07) is 7.63. The minimum atomic E-state index is -0.199. The SMILES string of the molecule is O=C1CC(c2c(Cl)nc(Cl)c3ccccc23)CO1. The van der Waals surface area contributed by atoms with Gasteiger partial charge >= 0.3 is 5.97 Å². The third-order valence-corrected chi connectivity index (χ3v) is 3.70. The molecule has 0 bridgehead atoms. The van der Waals surface area contributed by atoms with E-state index in [0.717, 1.165) is 16.3 Å². The van der Waals surface area contributed by atoms with Gasteiger partial charge < -0.3 is 4.74 Å². The first-order valence-electron chi connectivity index (χ1n) is 5.56. The van der Waals surface area contributed by atoms with Crippen molar-refractivity contribution in [2.45, 2.75) is 12.3 Å².